The van der Waals surface area contributed by atoms with Gasteiger partial charge >= 0.3 is 5.97 Å². The molecule has 0 bridgehead atoms. The standard InChI is InChI=1S/C12H12N4O3/c1-6-3-2-4-14-9(6)11-15-10(13)7(5-8(17)18)12(19)16-11/h2-4H,5H2,1H3,(H,17,18)(H3,13,15,16,19). The molecule has 19 heavy (non-hydrogen) atoms. The number of carboxylic acids is 1. The largest absolute Gasteiger partial charge is 0.481 e. The van der Waals surface area contributed by atoms with Crippen LogP contribution < -0.4 is 11.3 Å². The number of aryl methyl sites for hydroxylation is 1. The fourth-order valence-electron chi connectivity index (χ4n) is 1.68. The lowest BCUT2D eigenvalue weighted by atomic mass is 10.2. The van der Waals surface area contributed by atoms with Crippen molar-refractivity contribution in [1.29, 1.82) is 0 Å². The highest BCUT2D eigenvalue weighted by atomic mass is 16.4. The van der Waals surface area contributed by atoms with E-state index in [1.54, 1.807) is 12.3 Å². The van der Waals surface area contributed by atoms with E-state index in [4.69, 9.17) is 10.8 Å². The molecule has 2 aromatic rings. The van der Waals surface area contributed by atoms with Crippen LogP contribution in [0.15, 0.2) is 23.1 Å². The molecule has 2 rings (SSSR count). The molecule has 0 radical (unpaired) electrons. The smallest absolute Gasteiger partial charge is 0.308 e. The first-order chi connectivity index (χ1) is 8.99. The minimum Gasteiger partial charge on any atom is -0.481 e. The van der Waals surface area contributed by atoms with Crippen molar-refractivity contribution in [2.24, 2.45) is 0 Å². The Balaban J connectivity index is 2.55. The molecule has 0 aromatic carbocycles. The van der Waals surface area contributed by atoms with Gasteiger partial charge in [0.05, 0.1) is 12.0 Å². The summed E-state index contributed by atoms with van der Waals surface area (Å²) < 4.78 is 0. The van der Waals surface area contributed by atoms with E-state index < -0.39 is 17.9 Å². The second-order valence-corrected chi connectivity index (χ2v) is 4.02. The lowest BCUT2D eigenvalue weighted by Crippen LogP contribution is -2.21. The monoisotopic (exact) mass is 260 g/mol. The van der Waals surface area contributed by atoms with Crippen LogP contribution in [0.4, 0.5) is 5.82 Å². The molecule has 0 atom stereocenters. The SMILES string of the molecule is Cc1cccnc1-c1nc(N)c(CC(=O)O)c(=O)[nH]1. The zero-order valence-corrected chi connectivity index (χ0v) is 10.2. The van der Waals surface area contributed by atoms with Crippen LogP contribution in [-0.4, -0.2) is 26.0 Å². The van der Waals surface area contributed by atoms with E-state index in [0.29, 0.717) is 5.69 Å². The minimum absolute atomic E-state index is 0.0511. The highest BCUT2D eigenvalue weighted by Gasteiger charge is 2.14. The third kappa shape index (κ3) is 2.59. The van der Waals surface area contributed by atoms with E-state index in [2.05, 4.69) is 15.0 Å². The molecule has 0 amide bonds. The number of rotatable bonds is 3. The van der Waals surface area contributed by atoms with Gasteiger partial charge in [0, 0.05) is 6.20 Å². The van der Waals surface area contributed by atoms with E-state index in [1.807, 2.05) is 13.0 Å². The van der Waals surface area contributed by atoms with Crippen LogP contribution in [0.1, 0.15) is 11.1 Å². The molecule has 0 aliphatic rings. The third-order valence-corrected chi connectivity index (χ3v) is 2.61. The van der Waals surface area contributed by atoms with E-state index in [1.165, 1.54) is 0 Å². The average Bonchev–Trinajstić information content (AvgIpc) is 2.34. The predicted molar refractivity (Wildman–Crippen MR) is 68.6 cm³/mol. The zero-order chi connectivity index (χ0) is 14.0. The Kier molecular flexibility index (Phi) is 3.28. The number of nitrogens with one attached hydrogen (secondary N) is 1. The number of nitrogens with zero attached hydrogens (tertiary/aromatic N) is 2. The maximum atomic E-state index is 11.8. The molecular weight excluding hydrogens is 248 g/mol. The summed E-state index contributed by atoms with van der Waals surface area (Å²) in [6.07, 6.45) is 1.11. The van der Waals surface area contributed by atoms with Crippen molar-refractivity contribution in [1.82, 2.24) is 15.0 Å². The summed E-state index contributed by atoms with van der Waals surface area (Å²) in [5, 5.41) is 8.70. The van der Waals surface area contributed by atoms with Crippen LogP contribution in [-0.2, 0) is 11.2 Å². The van der Waals surface area contributed by atoms with Crippen molar-refractivity contribution in [2.45, 2.75) is 13.3 Å². The minimum atomic E-state index is -1.14. The van der Waals surface area contributed by atoms with Crippen LogP contribution in [0.2, 0.25) is 0 Å². The first-order valence-corrected chi connectivity index (χ1v) is 5.51. The summed E-state index contributed by atoms with van der Waals surface area (Å²) in [7, 11) is 0. The molecule has 0 fully saturated rings. The van der Waals surface area contributed by atoms with E-state index in [0.717, 1.165) is 5.56 Å². The number of nitrogens with two attached hydrogens (primary N) is 1. The van der Waals surface area contributed by atoms with E-state index >= 15 is 0 Å². The van der Waals surface area contributed by atoms with Gasteiger partial charge in [-0.3, -0.25) is 14.6 Å². The van der Waals surface area contributed by atoms with Crippen molar-refractivity contribution in [3.05, 3.63) is 39.8 Å². The van der Waals surface area contributed by atoms with Crippen LogP contribution in [0.3, 0.4) is 0 Å². The Morgan fingerprint density at radius 2 is 2.26 bits per heavy atom. The molecule has 0 aliphatic heterocycles. The third-order valence-electron chi connectivity index (χ3n) is 2.61. The van der Waals surface area contributed by atoms with E-state index in [-0.39, 0.29) is 17.2 Å². The highest BCUT2D eigenvalue weighted by Crippen LogP contribution is 2.16. The Labute approximate surface area is 108 Å². The van der Waals surface area contributed by atoms with Crippen molar-refractivity contribution >= 4 is 11.8 Å². The number of aliphatic carboxylic acids is 1. The van der Waals surface area contributed by atoms with Crippen molar-refractivity contribution in [3.63, 3.8) is 0 Å². The molecule has 2 heterocycles. The number of anilines is 1. The van der Waals surface area contributed by atoms with Crippen LogP contribution >= 0.6 is 0 Å². The van der Waals surface area contributed by atoms with Gasteiger partial charge in [-0.05, 0) is 18.6 Å². The quantitative estimate of drug-likeness (QED) is 0.731. The summed E-state index contributed by atoms with van der Waals surface area (Å²) >= 11 is 0. The molecule has 2 aromatic heterocycles. The molecule has 0 spiro atoms. The van der Waals surface area contributed by atoms with Gasteiger partial charge in [0.25, 0.3) is 5.56 Å². The number of aromatic amines is 1. The van der Waals surface area contributed by atoms with Crippen LogP contribution in [0.25, 0.3) is 11.5 Å². The van der Waals surface area contributed by atoms with Crippen molar-refractivity contribution in [3.8, 4) is 11.5 Å². The number of aromatic nitrogens is 3. The molecule has 7 heteroatoms. The first-order valence-electron chi connectivity index (χ1n) is 5.51. The highest BCUT2D eigenvalue weighted by molar-refractivity contribution is 5.72. The van der Waals surface area contributed by atoms with Gasteiger partial charge in [-0.1, -0.05) is 6.07 Å². The number of hydrogen-bond donors (Lipinski definition) is 3. The molecule has 0 saturated carbocycles. The number of H-pyrrole nitrogens is 1. The van der Waals surface area contributed by atoms with Gasteiger partial charge in [-0.2, -0.15) is 0 Å². The number of nitrogen functional groups attached to an aromatic ring is 1. The fraction of sp³-hybridized carbons (Fsp3) is 0.167. The van der Waals surface area contributed by atoms with E-state index in [9.17, 15) is 9.59 Å². The number of carbonyl (C=O) groups is 1. The molecule has 0 unspecified atom stereocenters. The Hall–Kier alpha value is -2.70. The number of carboxylic acid groups (broad SMARTS) is 1. The number of pyridine rings is 1. The summed E-state index contributed by atoms with van der Waals surface area (Å²) in [5.74, 6) is -0.998. The van der Waals surface area contributed by atoms with Gasteiger partial charge in [0.1, 0.15) is 11.5 Å². The average molecular weight is 260 g/mol. The van der Waals surface area contributed by atoms with Crippen LogP contribution in [0.5, 0.6) is 0 Å². The maximum absolute atomic E-state index is 11.8. The summed E-state index contributed by atoms with van der Waals surface area (Å²) in [6, 6.07) is 3.59. The summed E-state index contributed by atoms with van der Waals surface area (Å²) in [4.78, 5) is 33.1. The van der Waals surface area contributed by atoms with Gasteiger partial charge < -0.3 is 15.8 Å². The lowest BCUT2D eigenvalue weighted by molar-refractivity contribution is -0.136. The zero-order valence-electron chi connectivity index (χ0n) is 10.2. The molecule has 0 aliphatic carbocycles. The lowest BCUT2D eigenvalue weighted by Gasteiger charge is -2.06. The predicted octanol–water partition coefficient (Wildman–Crippen LogP) is 0.350. The normalized spacial score (nSPS) is 10.4. The fourth-order valence-corrected chi connectivity index (χ4v) is 1.68. The van der Waals surface area contributed by atoms with Gasteiger partial charge in [-0.15, -0.1) is 0 Å². The van der Waals surface area contributed by atoms with Gasteiger partial charge in [-0.25, -0.2) is 4.98 Å². The summed E-state index contributed by atoms with van der Waals surface area (Å²) in [6.45, 7) is 1.82. The molecular formula is C12H12N4O3. The first kappa shape index (κ1) is 12.7. The molecule has 98 valence electrons. The second kappa shape index (κ2) is 4.89. The molecule has 7 nitrogen and oxygen atoms in total. The maximum Gasteiger partial charge on any atom is 0.308 e. The summed E-state index contributed by atoms with van der Waals surface area (Å²) in [5.41, 5.74) is 6.36. The number of hydrogen-bond acceptors (Lipinski definition) is 5. The van der Waals surface area contributed by atoms with Gasteiger partial charge in [0.15, 0.2) is 5.82 Å². The topological polar surface area (TPSA) is 122 Å². The molecule has 4 N–H and O–H groups in total. The van der Waals surface area contributed by atoms with Crippen molar-refractivity contribution in [2.75, 3.05) is 5.73 Å². The second-order valence-electron chi connectivity index (χ2n) is 4.02. The molecule has 0 saturated heterocycles. The van der Waals surface area contributed by atoms with Crippen LogP contribution in [0, 0.1) is 6.92 Å². The Morgan fingerprint density at radius 1 is 1.53 bits per heavy atom. The van der Waals surface area contributed by atoms with Crippen molar-refractivity contribution < 1.29 is 9.90 Å². The Morgan fingerprint density at radius 3 is 2.84 bits per heavy atom. The Bertz CT molecular complexity index is 694. The van der Waals surface area contributed by atoms with Gasteiger partial charge in [0.2, 0.25) is 0 Å².